The molecule has 1 aromatic rings. The Bertz CT molecular complexity index is 1690. The lowest BCUT2D eigenvalue weighted by Gasteiger charge is -2.43. The maximum absolute atomic E-state index is 14.9. The van der Waals surface area contributed by atoms with Crippen LogP contribution in [0.2, 0.25) is 0 Å². The van der Waals surface area contributed by atoms with E-state index < -0.39 is 70.4 Å². The number of terminal acetylenes is 1. The third-order valence-electron chi connectivity index (χ3n) is 11.8. The number of Topliss-reactive ketones (excluding diaryl/α,β-unsaturated/α-hetero) is 1. The van der Waals surface area contributed by atoms with Crippen molar-refractivity contribution in [1.29, 1.82) is 0 Å². The van der Waals surface area contributed by atoms with E-state index in [1.165, 1.54) is 6.08 Å². The van der Waals surface area contributed by atoms with Gasteiger partial charge in [0.05, 0.1) is 23.7 Å². The molecule has 2 aliphatic carbocycles. The molecule has 2 saturated carbocycles. The van der Waals surface area contributed by atoms with Crippen molar-refractivity contribution in [1.82, 2.24) is 31.1 Å². The van der Waals surface area contributed by atoms with Crippen LogP contribution in [0.4, 0.5) is 4.79 Å². The second-order valence-corrected chi connectivity index (χ2v) is 16.6. The summed E-state index contributed by atoms with van der Waals surface area (Å²) >= 11 is 0. The van der Waals surface area contributed by atoms with Crippen molar-refractivity contribution in [3.8, 4) is 12.3 Å². The van der Waals surface area contributed by atoms with Crippen molar-refractivity contribution in [3.05, 3.63) is 48.0 Å². The van der Waals surface area contributed by atoms with Crippen LogP contribution < -0.4 is 21.3 Å². The summed E-state index contributed by atoms with van der Waals surface area (Å²) in [7, 11) is 0. The summed E-state index contributed by atoms with van der Waals surface area (Å²) in [6.07, 6.45) is 13.3. The zero-order valence-electron chi connectivity index (χ0n) is 31.9. The van der Waals surface area contributed by atoms with Gasteiger partial charge in [-0.25, -0.2) is 4.79 Å². The quantitative estimate of drug-likeness (QED) is 0.104. The van der Waals surface area contributed by atoms with Crippen LogP contribution in [0.5, 0.6) is 0 Å². The van der Waals surface area contributed by atoms with Crippen molar-refractivity contribution >= 4 is 41.4 Å². The third kappa shape index (κ3) is 8.37. The second kappa shape index (κ2) is 16.6. The van der Waals surface area contributed by atoms with E-state index in [1.54, 1.807) is 29.2 Å². The molecule has 4 N–H and O–H groups in total. The third-order valence-corrected chi connectivity index (χ3v) is 11.8. The number of amides is 7. The van der Waals surface area contributed by atoms with E-state index in [-0.39, 0.29) is 37.3 Å². The Hall–Kier alpha value is -4.99. The molecule has 0 spiro atoms. The monoisotopic (exact) mass is 742 g/mol. The van der Waals surface area contributed by atoms with E-state index in [1.807, 2.05) is 27.7 Å². The number of hydrogen-bond donors (Lipinski definition) is 4. The summed E-state index contributed by atoms with van der Waals surface area (Å²) in [6, 6.07) is 2.11. The fraction of sp³-hybridized carbons (Fsp3) is 0.585. The van der Waals surface area contributed by atoms with Crippen LogP contribution in [0, 0.1) is 35.0 Å². The van der Waals surface area contributed by atoms with Gasteiger partial charge in [-0.2, -0.15) is 0 Å². The van der Waals surface area contributed by atoms with Gasteiger partial charge in [-0.05, 0) is 60.5 Å². The lowest BCUT2D eigenvalue weighted by atomic mass is 9.70. The molecule has 4 aliphatic rings. The first-order chi connectivity index (χ1) is 25.6. The lowest BCUT2D eigenvalue weighted by molar-refractivity contribution is -0.145. The summed E-state index contributed by atoms with van der Waals surface area (Å²) in [5.74, 6) is -1.33. The van der Waals surface area contributed by atoms with Gasteiger partial charge in [0.2, 0.25) is 17.6 Å². The number of carbonyl (C=O) groups excluding carboxylic acids is 7. The second-order valence-electron chi connectivity index (χ2n) is 16.6. The molecule has 7 amide bonds. The summed E-state index contributed by atoms with van der Waals surface area (Å²) in [5, 5.41) is 11.1. The first kappa shape index (κ1) is 40.2. The van der Waals surface area contributed by atoms with Crippen LogP contribution in [-0.4, -0.2) is 95.0 Å². The molecule has 0 radical (unpaired) electrons. The molecular formula is C41H54N6O7. The molecule has 0 aromatic heterocycles. The molecule has 2 aliphatic heterocycles. The minimum atomic E-state index is -1.28. The van der Waals surface area contributed by atoms with Crippen molar-refractivity contribution < 1.29 is 33.6 Å². The van der Waals surface area contributed by atoms with Gasteiger partial charge in [0.25, 0.3) is 17.7 Å². The van der Waals surface area contributed by atoms with E-state index in [4.69, 9.17) is 6.42 Å². The molecule has 0 bridgehead atoms. The highest BCUT2D eigenvalue weighted by molar-refractivity contribution is 6.38. The molecule has 2 heterocycles. The first-order valence-corrected chi connectivity index (χ1v) is 19.1. The Kier molecular flexibility index (Phi) is 12.3. The largest absolute Gasteiger partial charge is 0.346 e. The number of benzene rings is 1. The van der Waals surface area contributed by atoms with E-state index in [9.17, 15) is 33.6 Å². The maximum Gasteiger partial charge on any atom is 0.315 e. The number of likely N-dealkylation sites (tertiary alicyclic amines) is 1. The summed E-state index contributed by atoms with van der Waals surface area (Å²) in [5.41, 5.74) is -0.590. The number of carbonyl (C=O) groups is 7. The van der Waals surface area contributed by atoms with Gasteiger partial charge in [0.15, 0.2) is 0 Å². The standard InChI is InChI=1S/C41H54N6O7/c1-7-15-29(32(48)35(50)42-22-8-2)43-34(49)31-26-19-14-16-25(26)23-46(31)38(53)33(41(6)20-12-9-13-21-41)45-39(54)44-30(40(3,4)5)24-47-36(51)27-17-10-11-18-28(27)37(47)52/h1,8,10-11,17-18,25-26,29-31,33H,2,9,12-16,19-24H2,3-6H3,(H,42,50)(H,43,49)(H2,44,45,54)/t25-,26-,29?,30+,31-,33+/m0/s1. The minimum absolute atomic E-state index is 0.0564. The normalized spacial score (nSPS) is 23.3. The van der Waals surface area contributed by atoms with E-state index in [0.29, 0.717) is 36.9 Å². The molecular weight excluding hydrogens is 688 g/mol. The van der Waals surface area contributed by atoms with Crippen LogP contribution in [0.15, 0.2) is 36.9 Å². The van der Waals surface area contributed by atoms with Crippen molar-refractivity contribution in [2.45, 2.75) is 110 Å². The predicted octanol–water partition coefficient (Wildman–Crippen LogP) is 3.34. The molecule has 13 nitrogen and oxygen atoms in total. The Labute approximate surface area is 317 Å². The van der Waals surface area contributed by atoms with Gasteiger partial charge in [-0.1, -0.05) is 71.6 Å². The Balaban J connectivity index is 1.38. The smallest absolute Gasteiger partial charge is 0.315 e. The zero-order valence-corrected chi connectivity index (χ0v) is 31.9. The summed E-state index contributed by atoms with van der Waals surface area (Å²) in [6.45, 7) is 11.5. The van der Waals surface area contributed by atoms with Crippen molar-refractivity contribution in [3.63, 3.8) is 0 Å². The SMILES string of the molecule is C#CCC(NC(=O)[C@@H]1[C@H]2CCC[C@H]2CN1C(=O)[C@@H](NC(=O)N[C@H](CN1C(=O)c2ccccc2C1=O)C(C)(C)C)C1(C)CCCCC1)C(=O)C(=O)NCC=C. The molecule has 3 fully saturated rings. The molecule has 54 heavy (non-hydrogen) atoms. The lowest BCUT2D eigenvalue weighted by Crippen LogP contribution is -2.63. The average molecular weight is 743 g/mol. The van der Waals surface area contributed by atoms with Crippen LogP contribution in [-0.2, 0) is 19.2 Å². The molecule has 6 atom stereocenters. The number of ketones is 1. The van der Waals surface area contributed by atoms with Crippen LogP contribution >= 0.6 is 0 Å². The Morgan fingerprint density at radius 1 is 0.981 bits per heavy atom. The molecule has 1 saturated heterocycles. The molecule has 290 valence electrons. The van der Waals surface area contributed by atoms with Gasteiger partial charge in [-0.3, -0.25) is 33.7 Å². The summed E-state index contributed by atoms with van der Waals surface area (Å²) in [4.78, 5) is 97.9. The Morgan fingerprint density at radius 2 is 1.63 bits per heavy atom. The van der Waals surface area contributed by atoms with E-state index in [2.05, 4.69) is 33.8 Å². The summed E-state index contributed by atoms with van der Waals surface area (Å²) < 4.78 is 0. The topological polar surface area (TPSA) is 174 Å². The van der Waals surface area contributed by atoms with Gasteiger partial charge in [0.1, 0.15) is 18.1 Å². The number of rotatable bonds is 13. The maximum atomic E-state index is 14.9. The minimum Gasteiger partial charge on any atom is -0.346 e. The molecule has 1 unspecified atom stereocenters. The molecule has 1 aromatic carbocycles. The van der Waals surface area contributed by atoms with Crippen LogP contribution in [0.3, 0.4) is 0 Å². The van der Waals surface area contributed by atoms with Gasteiger partial charge < -0.3 is 26.2 Å². The van der Waals surface area contributed by atoms with Crippen molar-refractivity contribution in [2.75, 3.05) is 19.6 Å². The molecule has 5 rings (SSSR count). The van der Waals surface area contributed by atoms with Gasteiger partial charge in [0, 0.05) is 19.5 Å². The average Bonchev–Trinajstić information content (AvgIpc) is 3.81. The molecule has 13 heteroatoms. The first-order valence-electron chi connectivity index (χ1n) is 19.1. The number of hydrogen-bond acceptors (Lipinski definition) is 7. The number of fused-ring (bicyclic) bond motifs is 2. The highest BCUT2D eigenvalue weighted by Crippen LogP contribution is 2.45. The van der Waals surface area contributed by atoms with Crippen LogP contribution in [0.25, 0.3) is 0 Å². The highest BCUT2D eigenvalue weighted by Gasteiger charge is 2.53. The van der Waals surface area contributed by atoms with Crippen molar-refractivity contribution in [2.24, 2.45) is 22.7 Å². The van der Waals surface area contributed by atoms with Gasteiger partial charge in [-0.15, -0.1) is 18.9 Å². The van der Waals surface area contributed by atoms with E-state index >= 15 is 0 Å². The Morgan fingerprint density at radius 3 is 2.22 bits per heavy atom. The highest BCUT2D eigenvalue weighted by atomic mass is 16.2. The van der Waals surface area contributed by atoms with Crippen LogP contribution in [0.1, 0.15) is 106 Å². The zero-order chi connectivity index (χ0) is 39.4. The van der Waals surface area contributed by atoms with Gasteiger partial charge >= 0.3 is 6.03 Å². The number of nitrogens with zero attached hydrogens (tertiary/aromatic N) is 2. The van der Waals surface area contributed by atoms with E-state index in [0.717, 1.165) is 37.0 Å². The predicted molar refractivity (Wildman–Crippen MR) is 202 cm³/mol. The number of imide groups is 1. The fourth-order valence-corrected chi connectivity index (χ4v) is 8.67. The fourth-order valence-electron chi connectivity index (χ4n) is 8.67. The number of nitrogens with one attached hydrogen (secondary N) is 4. The number of urea groups is 1.